The van der Waals surface area contributed by atoms with Gasteiger partial charge < -0.3 is 14.8 Å². The molecule has 1 heterocycles. The number of sulfonamides is 1. The molecule has 164 valence electrons. The van der Waals surface area contributed by atoms with Gasteiger partial charge in [0.15, 0.2) is 11.5 Å². The third kappa shape index (κ3) is 5.22. The van der Waals surface area contributed by atoms with E-state index in [0.717, 1.165) is 10.6 Å². The second kappa shape index (κ2) is 9.46. The molecule has 0 atom stereocenters. The predicted molar refractivity (Wildman–Crippen MR) is 120 cm³/mol. The Labute approximate surface area is 185 Å². The van der Waals surface area contributed by atoms with Gasteiger partial charge in [0.1, 0.15) is 5.01 Å². The first-order valence-corrected chi connectivity index (χ1v) is 11.6. The second-order valence-electron chi connectivity index (χ2n) is 6.63. The molecule has 0 bridgehead atoms. The van der Waals surface area contributed by atoms with Crippen molar-refractivity contribution in [1.29, 1.82) is 0 Å². The van der Waals surface area contributed by atoms with Gasteiger partial charge in [-0.05, 0) is 49.9 Å². The first-order valence-electron chi connectivity index (χ1n) is 9.28. The van der Waals surface area contributed by atoms with Crippen LogP contribution in [0, 0.1) is 6.92 Å². The number of nitrogens with zero attached hydrogens (tertiary/aromatic N) is 1. The smallest absolute Gasteiger partial charge is 0.240 e. The highest BCUT2D eigenvalue weighted by Gasteiger charge is 2.16. The monoisotopic (exact) mass is 461 g/mol. The average molecular weight is 462 g/mol. The van der Waals surface area contributed by atoms with Gasteiger partial charge in [0.05, 0.1) is 31.2 Å². The molecule has 3 aromatic rings. The molecule has 0 radical (unpaired) electrons. The molecule has 0 fully saturated rings. The van der Waals surface area contributed by atoms with Crippen LogP contribution in [0.2, 0.25) is 0 Å². The molecule has 1 aromatic heterocycles. The Kier molecular flexibility index (Phi) is 6.94. The lowest BCUT2D eigenvalue weighted by atomic mass is 10.2. The van der Waals surface area contributed by atoms with Crippen molar-refractivity contribution in [3.8, 4) is 22.1 Å². The molecule has 0 unspecified atom stereocenters. The van der Waals surface area contributed by atoms with Crippen LogP contribution in [0.4, 0.5) is 5.69 Å². The van der Waals surface area contributed by atoms with Crippen molar-refractivity contribution in [2.45, 2.75) is 18.2 Å². The van der Waals surface area contributed by atoms with Gasteiger partial charge in [-0.15, -0.1) is 11.3 Å². The van der Waals surface area contributed by atoms with Crippen molar-refractivity contribution in [3.05, 3.63) is 53.0 Å². The first-order chi connectivity index (χ1) is 14.8. The average Bonchev–Trinajstić information content (AvgIpc) is 3.22. The summed E-state index contributed by atoms with van der Waals surface area (Å²) in [5, 5.41) is 5.30. The van der Waals surface area contributed by atoms with Gasteiger partial charge >= 0.3 is 0 Å². The standard InChI is InChI=1S/C21H23N3O5S2/c1-13-5-7-15(10-19(13)31(26,27)22-2)23-20(25)11-16-12-30-21(24-16)14-6-8-17(28-3)18(9-14)29-4/h5-10,12,22H,11H2,1-4H3,(H,23,25). The third-order valence-corrected chi connectivity index (χ3v) is 7.05. The predicted octanol–water partition coefficient (Wildman–Crippen LogP) is 3.23. The van der Waals surface area contributed by atoms with E-state index >= 15 is 0 Å². The van der Waals surface area contributed by atoms with Crippen LogP contribution in [-0.2, 0) is 21.2 Å². The zero-order valence-electron chi connectivity index (χ0n) is 17.6. The maximum absolute atomic E-state index is 12.5. The van der Waals surface area contributed by atoms with Crippen LogP contribution in [0.5, 0.6) is 11.5 Å². The van der Waals surface area contributed by atoms with E-state index in [-0.39, 0.29) is 17.2 Å². The fourth-order valence-corrected chi connectivity index (χ4v) is 4.75. The number of methoxy groups -OCH3 is 2. The van der Waals surface area contributed by atoms with Crippen LogP contribution < -0.4 is 19.5 Å². The second-order valence-corrected chi connectivity index (χ2v) is 9.34. The van der Waals surface area contributed by atoms with Crippen molar-refractivity contribution >= 4 is 33.0 Å². The molecular weight excluding hydrogens is 438 g/mol. The molecule has 8 nitrogen and oxygen atoms in total. The highest BCUT2D eigenvalue weighted by Crippen LogP contribution is 2.33. The molecule has 3 rings (SSSR count). The van der Waals surface area contributed by atoms with E-state index in [1.54, 1.807) is 39.3 Å². The molecule has 0 aliphatic heterocycles. The Morgan fingerprint density at radius 3 is 2.52 bits per heavy atom. The normalized spacial score (nSPS) is 11.2. The summed E-state index contributed by atoms with van der Waals surface area (Å²) in [4.78, 5) is 17.1. The van der Waals surface area contributed by atoms with Crippen LogP contribution in [-0.4, -0.2) is 40.6 Å². The number of anilines is 1. The van der Waals surface area contributed by atoms with Gasteiger partial charge in [-0.1, -0.05) is 6.07 Å². The minimum Gasteiger partial charge on any atom is -0.493 e. The lowest BCUT2D eigenvalue weighted by Crippen LogP contribution is -2.20. The summed E-state index contributed by atoms with van der Waals surface area (Å²) in [5.41, 5.74) is 2.46. The zero-order chi connectivity index (χ0) is 22.6. The molecule has 10 heteroatoms. The van der Waals surface area contributed by atoms with Crippen molar-refractivity contribution in [3.63, 3.8) is 0 Å². The number of benzene rings is 2. The van der Waals surface area contributed by atoms with Crippen molar-refractivity contribution < 1.29 is 22.7 Å². The first kappa shape index (κ1) is 22.7. The lowest BCUT2D eigenvalue weighted by molar-refractivity contribution is -0.115. The van der Waals surface area contributed by atoms with Crippen molar-refractivity contribution in [2.24, 2.45) is 0 Å². The number of nitrogens with one attached hydrogen (secondary N) is 2. The fraction of sp³-hybridized carbons (Fsp3) is 0.238. The highest BCUT2D eigenvalue weighted by atomic mass is 32.2. The molecule has 31 heavy (non-hydrogen) atoms. The van der Waals surface area contributed by atoms with E-state index < -0.39 is 10.0 Å². The number of ether oxygens (including phenoxy) is 2. The van der Waals surface area contributed by atoms with Crippen LogP contribution in [0.3, 0.4) is 0 Å². The summed E-state index contributed by atoms with van der Waals surface area (Å²) in [6, 6.07) is 10.3. The number of rotatable bonds is 8. The van der Waals surface area contributed by atoms with Gasteiger partial charge in [0.2, 0.25) is 15.9 Å². The molecule has 0 saturated heterocycles. The zero-order valence-corrected chi connectivity index (χ0v) is 19.2. The van der Waals surface area contributed by atoms with Gasteiger partial charge in [-0.25, -0.2) is 18.1 Å². The number of hydrogen-bond donors (Lipinski definition) is 2. The highest BCUT2D eigenvalue weighted by molar-refractivity contribution is 7.89. The molecular formula is C21H23N3O5S2. The largest absolute Gasteiger partial charge is 0.493 e. The molecule has 2 N–H and O–H groups in total. The minimum absolute atomic E-state index is 0.0613. The van der Waals surface area contributed by atoms with E-state index in [2.05, 4.69) is 15.0 Å². The Morgan fingerprint density at radius 1 is 1.10 bits per heavy atom. The fourth-order valence-electron chi connectivity index (χ4n) is 2.94. The number of aryl methyl sites for hydroxylation is 1. The number of thiazole rings is 1. The number of hydrogen-bond acceptors (Lipinski definition) is 7. The Hall–Kier alpha value is -2.95. The van der Waals surface area contributed by atoms with Crippen LogP contribution in [0.15, 0.2) is 46.7 Å². The SMILES string of the molecule is CNS(=O)(=O)c1cc(NC(=O)Cc2csc(-c3ccc(OC)c(OC)c3)n2)ccc1C. The van der Waals surface area contributed by atoms with Gasteiger partial charge in [0, 0.05) is 16.6 Å². The Balaban J connectivity index is 1.73. The summed E-state index contributed by atoms with van der Waals surface area (Å²) in [7, 11) is 0.869. The van der Waals surface area contributed by atoms with E-state index in [0.29, 0.717) is 28.4 Å². The third-order valence-electron chi connectivity index (χ3n) is 4.55. The summed E-state index contributed by atoms with van der Waals surface area (Å²) in [6.45, 7) is 1.70. The topological polar surface area (TPSA) is 107 Å². The number of carbonyl (C=O) groups is 1. The molecule has 0 aliphatic rings. The quantitative estimate of drug-likeness (QED) is 0.533. The molecule has 2 aromatic carbocycles. The molecule has 0 aliphatic carbocycles. The molecule has 0 spiro atoms. The van der Waals surface area contributed by atoms with Gasteiger partial charge in [0.25, 0.3) is 0 Å². The Bertz CT molecular complexity index is 1210. The van der Waals surface area contributed by atoms with Crippen LogP contribution >= 0.6 is 11.3 Å². The number of amides is 1. The molecule has 1 amide bonds. The summed E-state index contributed by atoms with van der Waals surface area (Å²) >= 11 is 1.42. The maximum atomic E-state index is 12.5. The van der Waals surface area contributed by atoms with Gasteiger partial charge in [-0.3, -0.25) is 4.79 Å². The van der Waals surface area contributed by atoms with Crippen molar-refractivity contribution in [2.75, 3.05) is 26.6 Å². The Morgan fingerprint density at radius 2 is 1.84 bits per heavy atom. The van der Waals surface area contributed by atoms with E-state index in [1.807, 2.05) is 17.5 Å². The minimum atomic E-state index is -3.62. The number of carbonyl (C=O) groups excluding carboxylic acids is 1. The van der Waals surface area contributed by atoms with Crippen LogP contribution in [0.25, 0.3) is 10.6 Å². The summed E-state index contributed by atoms with van der Waals surface area (Å²) in [6.07, 6.45) is 0.0613. The maximum Gasteiger partial charge on any atom is 0.240 e. The summed E-state index contributed by atoms with van der Waals surface area (Å²) in [5.74, 6) is 0.933. The van der Waals surface area contributed by atoms with E-state index in [4.69, 9.17) is 9.47 Å². The van der Waals surface area contributed by atoms with Gasteiger partial charge in [-0.2, -0.15) is 0 Å². The van der Waals surface area contributed by atoms with Crippen LogP contribution in [0.1, 0.15) is 11.3 Å². The lowest BCUT2D eigenvalue weighted by Gasteiger charge is -2.10. The van der Waals surface area contributed by atoms with E-state index in [9.17, 15) is 13.2 Å². The molecule has 0 saturated carbocycles. The van der Waals surface area contributed by atoms with E-state index in [1.165, 1.54) is 24.5 Å². The van der Waals surface area contributed by atoms with Crippen molar-refractivity contribution in [1.82, 2.24) is 9.71 Å². The number of aromatic nitrogens is 1. The summed E-state index contributed by atoms with van der Waals surface area (Å²) < 4.78 is 37.1.